The maximum absolute atomic E-state index is 11.7. The topological polar surface area (TPSA) is 167 Å². The molecule has 0 aromatic heterocycles. The summed E-state index contributed by atoms with van der Waals surface area (Å²) in [5.74, 6) is -4.57. The quantitative estimate of drug-likeness (QED) is 0.0597. The third kappa shape index (κ3) is 20.6. The van der Waals surface area contributed by atoms with Crippen molar-refractivity contribution in [3.8, 4) is 0 Å². The van der Waals surface area contributed by atoms with Gasteiger partial charge in [-0.05, 0) is 23.3 Å². The second kappa shape index (κ2) is 24.3. The summed E-state index contributed by atoms with van der Waals surface area (Å²) in [5.41, 5.74) is 1.55. The van der Waals surface area contributed by atoms with Gasteiger partial charge in [0.15, 0.2) is 0 Å². The molecule has 0 amide bonds. The maximum Gasteiger partial charge on any atom is 0.338 e. The fourth-order valence-corrected chi connectivity index (χ4v) is 3.37. The van der Waals surface area contributed by atoms with Crippen LogP contribution in [0.2, 0.25) is 0 Å². The monoisotopic (exact) mass is 654 g/mol. The number of benzene rings is 2. The van der Waals surface area contributed by atoms with Gasteiger partial charge >= 0.3 is 35.8 Å². The summed E-state index contributed by atoms with van der Waals surface area (Å²) in [7, 11) is 0. The van der Waals surface area contributed by atoms with Crippen molar-refractivity contribution in [1.29, 1.82) is 0 Å². The fraction of sp³-hybridized carbons (Fsp3) is 0.353. The molecule has 2 aromatic carbocycles. The summed E-state index contributed by atoms with van der Waals surface area (Å²) in [6.45, 7) is 1.26. The lowest BCUT2D eigenvalue weighted by Crippen LogP contribution is -2.16. The molecule has 2 aromatic rings. The van der Waals surface area contributed by atoms with Gasteiger partial charge in [-0.15, -0.1) is 0 Å². The SMILES string of the molecule is O=C(/C=C/c1ccccc1)OC(=O)CCC(=O)OCCOCCOCCOCCOC(=O)CCC(=O)OC(=O)/C=C/c1ccccc1. The van der Waals surface area contributed by atoms with Gasteiger partial charge in [0.2, 0.25) is 0 Å². The second-order valence-corrected chi connectivity index (χ2v) is 9.35. The first-order valence-corrected chi connectivity index (χ1v) is 14.8. The molecule has 0 N–H and O–H groups in total. The molecule has 0 aliphatic heterocycles. The van der Waals surface area contributed by atoms with E-state index in [1.807, 2.05) is 12.1 Å². The summed E-state index contributed by atoms with van der Waals surface area (Å²) in [4.78, 5) is 70.2. The minimum atomic E-state index is -0.833. The first-order chi connectivity index (χ1) is 22.8. The minimum absolute atomic E-state index is 0.0140. The molecule has 0 aliphatic rings. The van der Waals surface area contributed by atoms with Crippen LogP contribution in [0.1, 0.15) is 36.8 Å². The van der Waals surface area contributed by atoms with E-state index in [0.29, 0.717) is 0 Å². The number of hydrogen-bond acceptors (Lipinski definition) is 13. The predicted molar refractivity (Wildman–Crippen MR) is 166 cm³/mol. The van der Waals surface area contributed by atoms with E-state index in [1.165, 1.54) is 12.2 Å². The molecule has 252 valence electrons. The summed E-state index contributed by atoms with van der Waals surface area (Å²) in [5, 5.41) is 0. The highest BCUT2D eigenvalue weighted by Crippen LogP contribution is 2.04. The van der Waals surface area contributed by atoms with Crippen molar-refractivity contribution in [2.24, 2.45) is 0 Å². The zero-order chi connectivity index (χ0) is 34.0. The molecular weight excluding hydrogens is 616 g/mol. The van der Waals surface area contributed by atoms with Crippen molar-refractivity contribution < 1.29 is 61.9 Å². The van der Waals surface area contributed by atoms with Gasteiger partial charge in [-0.2, -0.15) is 0 Å². The standard InChI is InChI=1S/C34H38O13/c35-29(15-17-33(39)46-31(37)13-11-27-7-3-1-4-8-27)44-25-23-42-21-19-41-20-22-43-24-26-45-30(36)16-18-34(40)47-32(38)14-12-28-9-5-2-6-10-28/h1-14H,15-26H2/b13-11+,14-12+. The molecule has 0 heterocycles. The zero-order valence-electron chi connectivity index (χ0n) is 25.9. The molecule has 0 saturated heterocycles. The van der Waals surface area contributed by atoms with E-state index in [1.54, 1.807) is 48.5 Å². The number of carbonyl (C=O) groups excluding carboxylic acids is 6. The van der Waals surface area contributed by atoms with Crippen LogP contribution in [-0.2, 0) is 61.9 Å². The van der Waals surface area contributed by atoms with Crippen LogP contribution in [0.4, 0.5) is 0 Å². The van der Waals surface area contributed by atoms with Crippen molar-refractivity contribution >= 4 is 48.0 Å². The van der Waals surface area contributed by atoms with E-state index in [-0.39, 0.29) is 78.5 Å². The molecule has 13 nitrogen and oxygen atoms in total. The van der Waals surface area contributed by atoms with E-state index in [4.69, 9.17) is 23.7 Å². The Balaban J connectivity index is 1.34. The van der Waals surface area contributed by atoms with E-state index >= 15 is 0 Å². The zero-order valence-corrected chi connectivity index (χ0v) is 25.9. The van der Waals surface area contributed by atoms with Crippen molar-refractivity contribution in [2.45, 2.75) is 25.7 Å². The van der Waals surface area contributed by atoms with Gasteiger partial charge in [0.25, 0.3) is 0 Å². The Morgan fingerprint density at radius 1 is 0.426 bits per heavy atom. The maximum atomic E-state index is 11.7. The molecule has 0 unspecified atom stereocenters. The molecule has 0 saturated carbocycles. The summed E-state index contributed by atoms with van der Waals surface area (Å²) >= 11 is 0. The first-order valence-electron chi connectivity index (χ1n) is 14.8. The van der Waals surface area contributed by atoms with E-state index < -0.39 is 35.8 Å². The highest BCUT2D eigenvalue weighted by Gasteiger charge is 2.13. The molecule has 47 heavy (non-hydrogen) atoms. The Morgan fingerprint density at radius 2 is 0.745 bits per heavy atom. The van der Waals surface area contributed by atoms with Crippen molar-refractivity contribution in [1.82, 2.24) is 0 Å². The molecular formula is C34H38O13. The van der Waals surface area contributed by atoms with Gasteiger partial charge in [0.1, 0.15) is 13.2 Å². The van der Waals surface area contributed by atoms with Crippen LogP contribution in [0.25, 0.3) is 12.2 Å². The van der Waals surface area contributed by atoms with Crippen LogP contribution in [0.5, 0.6) is 0 Å². The highest BCUT2D eigenvalue weighted by atomic mass is 16.6. The van der Waals surface area contributed by atoms with Gasteiger partial charge in [0.05, 0.1) is 65.3 Å². The summed E-state index contributed by atoms with van der Waals surface area (Å²) in [6, 6.07) is 18.0. The molecule has 0 spiro atoms. The Morgan fingerprint density at radius 3 is 1.11 bits per heavy atom. The Hall–Kier alpha value is -4.98. The number of esters is 6. The second-order valence-electron chi connectivity index (χ2n) is 9.35. The molecule has 2 rings (SSSR count). The van der Waals surface area contributed by atoms with E-state index in [0.717, 1.165) is 23.3 Å². The smallest absolute Gasteiger partial charge is 0.338 e. The van der Waals surface area contributed by atoms with Crippen LogP contribution in [0.3, 0.4) is 0 Å². The van der Waals surface area contributed by atoms with Crippen LogP contribution < -0.4 is 0 Å². The van der Waals surface area contributed by atoms with Crippen LogP contribution >= 0.6 is 0 Å². The van der Waals surface area contributed by atoms with Crippen molar-refractivity contribution in [3.05, 3.63) is 83.9 Å². The Kier molecular flexibility index (Phi) is 19.7. The molecule has 0 aliphatic carbocycles. The minimum Gasteiger partial charge on any atom is -0.463 e. The Labute approximate surface area is 272 Å². The van der Waals surface area contributed by atoms with Crippen molar-refractivity contribution in [3.63, 3.8) is 0 Å². The third-order valence-corrected chi connectivity index (χ3v) is 5.64. The lowest BCUT2D eigenvalue weighted by atomic mass is 10.2. The molecule has 0 atom stereocenters. The molecule has 13 heteroatoms. The molecule has 0 radical (unpaired) electrons. The largest absolute Gasteiger partial charge is 0.463 e. The van der Waals surface area contributed by atoms with Crippen molar-refractivity contribution in [2.75, 3.05) is 52.9 Å². The average molecular weight is 655 g/mol. The fourth-order valence-electron chi connectivity index (χ4n) is 3.37. The van der Waals surface area contributed by atoms with Gasteiger partial charge in [-0.3, -0.25) is 19.2 Å². The lowest BCUT2D eigenvalue weighted by molar-refractivity contribution is -0.159. The van der Waals surface area contributed by atoms with Crippen LogP contribution in [0.15, 0.2) is 72.8 Å². The first kappa shape index (κ1) is 38.2. The number of ether oxygens (including phenoxy) is 7. The lowest BCUT2D eigenvalue weighted by Gasteiger charge is -2.08. The van der Waals surface area contributed by atoms with Gasteiger partial charge in [-0.1, -0.05) is 60.7 Å². The number of carbonyl (C=O) groups is 6. The van der Waals surface area contributed by atoms with Gasteiger partial charge < -0.3 is 33.2 Å². The molecule has 0 bridgehead atoms. The average Bonchev–Trinajstić information content (AvgIpc) is 3.07. The van der Waals surface area contributed by atoms with Crippen LogP contribution in [0, 0.1) is 0 Å². The van der Waals surface area contributed by atoms with E-state index in [2.05, 4.69) is 9.47 Å². The third-order valence-electron chi connectivity index (χ3n) is 5.64. The summed E-state index contributed by atoms with van der Waals surface area (Å²) in [6.07, 6.45) is 4.23. The van der Waals surface area contributed by atoms with Gasteiger partial charge in [-0.25, -0.2) is 9.59 Å². The predicted octanol–water partition coefficient (Wildman–Crippen LogP) is 3.25. The Bertz CT molecular complexity index is 1220. The van der Waals surface area contributed by atoms with Crippen LogP contribution in [-0.4, -0.2) is 88.7 Å². The number of hydrogen-bond donors (Lipinski definition) is 0. The number of rotatable bonds is 22. The highest BCUT2D eigenvalue weighted by molar-refractivity contribution is 5.96. The van der Waals surface area contributed by atoms with E-state index in [9.17, 15) is 28.8 Å². The summed E-state index contributed by atoms with van der Waals surface area (Å²) < 4.78 is 35.1. The molecule has 0 fully saturated rings. The normalized spacial score (nSPS) is 10.9. The van der Waals surface area contributed by atoms with Gasteiger partial charge in [0, 0.05) is 12.2 Å².